The summed E-state index contributed by atoms with van der Waals surface area (Å²) in [6.07, 6.45) is 2.59. The van der Waals surface area contributed by atoms with Crippen molar-refractivity contribution < 1.29 is 5.11 Å². The van der Waals surface area contributed by atoms with E-state index in [1.165, 1.54) is 0 Å². The molecule has 0 aromatic carbocycles. The zero-order valence-electron chi connectivity index (χ0n) is 12.1. The van der Waals surface area contributed by atoms with Crippen LogP contribution >= 0.6 is 0 Å². The molecule has 3 N–H and O–H groups in total. The van der Waals surface area contributed by atoms with Crippen molar-refractivity contribution in [1.82, 2.24) is 24.8 Å². The molecular weight excluding hydrogens is 258 g/mol. The number of aliphatic hydroxyl groups is 1. The van der Waals surface area contributed by atoms with E-state index in [2.05, 4.69) is 25.1 Å². The second-order valence-corrected chi connectivity index (χ2v) is 5.19. The molecule has 0 spiro atoms. The Labute approximate surface area is 118 Å². The minimum absolute atomic E-state index is 0.0674. The lowest BCUT2D eigenvalue weighted by atomic mass is 10.2. The maximum absolute atomic E-state index is 8.84. The number of aromatic nitrogens is 3. The van der Waals surface area contributed by atoms with Gasteiger partial charge in [0.05, 0.1) is 18.8 Å². The van der Waals surface area contributed by atoms with E-state index in [0.29, 0.717) is 25.5 Å². The fraction of sp³-hybridized carbons (Fsp3) is 0.750. The molecule has 0 fully saturated rings. The highest BCUT2D eigenvalue weighted by Gasteiger charge is 2.29. The molecule has 2 heterocycles. The van der Waals surface area contributed by atoms with E-state index < -0.39 is 0 Å². The minimum Gasteiger partial charge on any atom is -0.396 e. The van der Waals surface area contributed by atoms with Gasteiger partial charge in [-0.2, -0.15) is 0 Å². The van der Waals surface area contributed by atoms with Crippen LogP contribution in [0.5, 0.6) is 0 Å². The Morgan fingerprint density at radius 3 is 2.95 bits per heavy atom. The van der Waals surface area contributed by atoms with Crippen LogP contribution in [0, 0.1) is 0 Å². The molecule has 0 radical (unpaired) electrons. The van der Waals surface area contributed by atoms with Crippen LogP contribution in [0.15, 0.2) is 11.2 Å². The van der Waals surface area contributed by atoms with Crippen molar-refractivity contribution in [2.45, 2.75) is 19.0 Å². The van der Waals surface area contributed by atoms with E-state index in [-0.39, 0.29) is 12.6 Å². The predicted octanol–water partition coefficient (Wildman–Crippen LogP) is -1.11. The van der Waals surface area contributed by atoms with Crippen molar-refractivity contribution in [2.24, 2.45) is 10.7 Å². The highest BCUT2D eigenvalue weighted by Crippen LogP contribution is 2.23. The lowest BCUT2D eigenvalue weighted by molar-refractivity contribution is 0.276. The summed E-state index contributed by atoms with van der Waals surface area (Å²) >= 11 is 0. The van der Waals surface area contributed by atoms with Crippen LogP contribution in [-0.4, -0.2) is 76.2 Å². The monoisotopic (exact) mass is 281 g/mol. The normalized spacial score (nSPS) is 18.9. The Morgan fingerprint density at radius 1 is 1.45 bits per heavy atom. The Bertz CT molecular complexity index is 456. The molecule has 0 saturated heterocycles. The van der Waals surface area contributed by atoms with E-state index in [1.807, 2.05) is 20.3 Å². The quantitative estimate of drug-likeness (QED) is 0.658. The fourth-order valence-electron chi connectivity index (χ4n) is 2.17. The number of nitrogens with two attached hydrogens (primary N) is 1. The molecule has 2 rings (SSSR count). The maximum Gasteiger partial charge on any atom is 0.192 e. The van der Waals surface area contributed by atoms with Gasteiger partial charge in [-0.25, -0.2) is 0 Å². The first-order valence-corrected chi connectivity index (χ1v) is 6.84. The van der Waals surface area contributed by atoms with Crippen LogP contribution in [0.25, 0.3) is 0 Å². The van der Waals surface area contributed by atoms with Crippen molar-refractivity contribution in [3.8, 4) is 0 Å². The lowest BCUT2D eigenvalue weighted by Crippen LogP contribution is -2.40. The SMILES string of the molecule is CN(C)CCN1C(N)=NCC1c1cn(CCCO)nn1. The average Bonchev–Trinajstić information content (AvgIpc) is 3.00. The van der Waals surface area contributed by atoms with Crippen LogP contribution in [0.4, 0.5) is 0 Å². The molecule has 1 aliphatic heterocycles. The van der Waals surface area contributed by atoms with Crippen molar-refractivity contribution >= 4 is 5.96 Å². The third-order valence-electron chi connectivity index (χ3n) is 3.33. The molecule has 0 amide bonds. The second-order valence-electron chi connectivity index (χ2n) is 5.19. The molecule has 112 valence electrons. The summed E-state index contributed by atoms with van der Waals surface area (Å²) in [5, 5.41) is 17.1. The summed E-state index contributed by atoms with van der Waals surface area (Å²) in [6, 6.07) is 0.0674. The van der Waals surface area contributed by atoms with Gasteiger partial charge in [-0.05, 0) is 20.5 Å². The molecule has 1 unspecified atom stereocenters. The third-order valence-corrected chi connectivity index (χ3v) is 3.33. The number of likely N-dealkylation sites (N-methyl/N-ethyl adjacent to an activating group) is 1. The van der Waals surface area contributed by atoms with Crippen molar-refractivity contribution in [1.29, 1.82) is 0 Å². The molecule has 1 aromatic heterocycles. The zero-order valence-corrected chi connectivity index (χ0v) is 12.1. The second kappa shape index (κ2) is 6.67. The lowest BCUT2D eigenvalue weighted by Gasteiger charge is -2.26. The van der Waals surface area contributed by atoms with Crippen molar-refractivity contribution in [2.75, 3.05) is 40.3 Å². The van der Waals surface area contributed by atoms with Gasteiger partial charge in [0.1, 0.15) is 5.69 Å². The van der Waals surface area contributed by atoms with Crippen LogP contribution < -0.4 is 5.73 Å². The fourth-order valence-corrected chi connectivity index (χ4v) is 2.17. The summed E-state index contributed by atoms with van der Waals surface area (Å²) in [5.41, 5.74) is 6.83. The standard InChI is InChI=1S/C12H23N7O/c1-17(2)5-6-19-11(8-14-12(19)13)10-9-18(16-15-10)4-3-7-20/h9,11,20H,3-8H2,1-2H3,(H2,13,14). The number of aliphatic hydroxyl groups excluding tert-OH is 1. The first-order chi connectivity index (χ1) is 9.61. The van der Waals surface area contributed by atoms with Crippen LogP contribution in [-0.2, 0) is 6.54 Å². The van der Waals surface area contributed by atoms with Gasteiger partial charge >= 0.3 is 0 Å². The molecule has 8 nitrogen and oxygen atoms in total. The van der Waals surface area contributed by atoms with Gasteiger partial charge in [0.2, 0.25) is 0 Å². The molecule has 1 aliphatic rings. The Morgan fingerprint density at radius 2 is 2.25 bits per heavy atom. The first-order valence-electron chi connectivity index (χ1n) is 6.84. The summed E-state index contributed by atoms with van der Waals surface area (Å²) < 4.78 is 1.75. The smallest absolute Gasteiger partial charge is 0.192 e. The highest BCUT2D eigenvalue weighted by atomic mass is 16.3. The van der Waals surface area contributed by atoms with Crippen LogP contribution in [0.2, 0.25) is 0 Å². The molecule has 8 heteroatoms. The van der Waals surface area contributed by atoms with Gasteiger partial charge in [0, 0.05) is 26.2 Å². The number of hydrogen-bond donors (Lipinski definition) is 2. The molecular formula is C12H23N7O. The van der Waals surface area contributed by atoms with Gasteiger partial charge in [0.15, 0.2) is 5.96 Å². The molecule has 0 bridgehead atoms. The van der Waals surface area contributed by atoms with E-state index >= 15 is 0 Å². The summed E-state index contributed by atoms with van der Waals surface area (Å²) in [4.78, 5) is 8.49. The van der Waals surface area contributed by atoms with Gasteiger partial charge in [-0.3, -0.25) is 9.67 Å². The largest absolute Gasteiger partial charge is 0.396 e. The van der Waals surface area contributed by atoms with Crippen molar-refractivity contribution in [3.05, 3.63) is 11.9 Å². The average molecular weight is 281 g/mol. The zero-order chi connectivity index (χ0) is 14.5. The summed E-state index contributed by atoms with van der Waals surface area (Å²) in [5.74, 6) is 0.571. The number of guanidine groups is 1. The van der Waals surface area contributed by atoms with Crippen LogP contribution in [0.3, 0.4) is 0 Å². The molecule has 1 atom stereocenters. The number of aryl methyl sites for hydroxylation is 1. The number of aliphatic imine (C=N–C) groups is 1. The molecule has 20 heavy (non-hydrogen) atoms. The van der Waals surface area contributed by atoms with E-state index in [1.54, 1.807) is 4.68 Å². The molecule has 1 aromatic rings. The predicted molar refractivity (Wildman–Crippen MR) is 76.2 cm³/mol. The maximum atomic E-state index is 8.84. The highest BCUT2D eigenvalue weighted by molar-refractivity contribution is 5.80. The van der Waals surface area contributed by atoms with Gasteiger partial charge in [0.25, 0.3) is 0 Å². The van der Waals surface area contributed by atoms with E-state index in [9.17, 15) is 0 Å². The molecule has 0 aliphatic carbocycles. The number of nitrogens with zero attached hydrogens (tertiary/aromatic N) is 6. The Hall–Kier alpha value is -1.67. The Kier molecular flexibility index (Phi) is 4.91. The van der Waals surface area contributed by atoms with E-state index in [0.717, 1.165) is 18.8 Å². The molecule has 0 saturated carbocycles. The third kappa shape index (κ3) is 3.45. The number of rotatable bonds is 7. The summed E-state index contributed by atoms with van der Waals surface area (Å²) in [6.45, 7) is 3.17. The van der Waals surface area contributed by atoms with Crippen LogP contribution in [0.1, 0.15) is 18.2 Å². The number of hydrogen-bond acceptors (Lipinski definition) is 7. The van der Waals surface area contributed by atoms with Crippen molar-refractivity contribution in [3.63, 3.8) is 0 Å². The first kappa shape index (κ1) is 14.7. The topological polar surface area (TPSA) is 95.8 Å². The Balaban J connectivity index is 2.01. The van der Waals surface area contributed by atoms with Gasteiger partial charge in [-0.15, -0.1) is 5.10 Å². The van der Waals surface area contributed by atoms with E-state index in [4.69, 9.17) is 10.8 Å². The van der Waals surface area contributed by atoms with Gasteiger partial charge < -0.3 is 20.6 Å². The van der Waals surface area contributed by atoms with Gasteiger partial charge in [-0.1, -0.05) is 5.21 Å². The summed E-state index contributed by atoms with van der Waals surface area (Å²) in [7, 11) is 4.06. The minimum atomic E-state index is 0.0674.